The summed E-state index contributed by atoms with van der Waals surface area (Å²) in [4.78, 5) is 43.4. The SMILES string of the molecule is O=C(NC(=S)Nc1ccc(N2CCN(C(=O)c3cccs3)CC2)cc1)c1cc([N+](=O)[O-])ccc1N1CCOCC1. The molecule has 1 aromatic heterocycles. The molecule has 0 atom stereocenters. The highest BCUT2D eigenvalue weighted by Gasteiger charge is 2.24. The molecule has 2 amide bonds. The number of nitro groups is 1. The zero-order valence-electron chi connectivity index (χ0n) is 21.6. The van der Waals surface area contributed by atoms with Crippen LogP contribution in [0.2, 0.25) is 0 Å². The number of nitrogens with one attached hydrogen (secondary N) is 2. The Morgan fingerprint density at radius 2 is 1.68 bits per heavy atom. The number of hydrogen-bond donors (Lipinski definition) is 2. The topological polar surface area (TPSA) is 120 Å². The van der Waals surface area contributed by atoms with Crippen LogP contribution in [0.3, 0.4) is 0 Å². The minimum absolute atomic E-state index is 0.0759. The third-order valence-electron chi connectivity index (χ3n) is 6.80. The summed E-state index contributed by atoms with van der Waals surface area (Å²) in [5.41, 5.74) is 2.31. The number of nitrogens with zero attached hydrogens (tertiary/aromatic N) is 4. The van der Waals surface area contributed by atoms with Gasteiger partial charge in [0.05, 0.1) is 34.3 Å². The summed E-state index contributed by atoms with van der Waals surface area (Å²) in [6, 6.07) is 15.6. The van der Waals surface area contributed by atoms with E-state index in [1.54, 1.807) is 6.07 Å². The fraction of sp³-hybridized carbons (Fsp3) is 0.296. The number of amides is 2. The molecule has 2 aliphatic heterocycles. The Morgan fingerprint density at radius 3 is 2.33 bits per heavy atom. The van der Waals surface area contributed by atoms with E-state index in [2.05, 4.69) is 15.5 Å². The number of piperazine rings is 1. The van der Waals surface area contributed by atoms with Gasteiger partial charge in [0.2, 0.25) is 0 Å². The van der Waals surface area contributed by atoms with Crippen LogP contribution in [-0.2, 0) is 4.74 Å². The smallest absolute Gasteiger partial charge is 0.270 e. The van der Waals surface area contributed by atoms with Crippen molar-refractivity contribution in [2.24, 2.45) is 0 Å². The highest BCUT2D eigenvalue weighted by atomic mass is 32.1. The van der Waals surface area contributed by atoms with E-state index in [0.29, 0.717) is 50.8 Å². The van der Waals surface area contributed by atoms with Gasteiger partial charge in [-0.05, 0) is 54.0 Å². The number of rotatable bonds is 6. The van der Waals surface area contributed by atoms with E-state index in [1.165, 1.54) is 23.5 Å². The summed E-state index contributed by atoms with van der Waals surface area (Å²) >= 11 is 6.83. The number of non-ortho nitro benzene ring substituents is 1. The number of morpholine rings is 1. The van der Waals surface area contributed by atoms with Gasteiger partial charge in [-0.1, -0.05) is 6.07 Å². The standard InChI is InChI=1S/C27H28N6O5S2/c34-25(22-18-21(33(36)37)7-8-23(22)31-13-15-38-16-14-31)29-27(39)28-19-3-5-20(6-4-19)30-9-11-32(12-10-30)26(35)24-2-1-17-40-24/h1-8,17-18H,9-16H2,(H2,28,29,34,39). The Bertz CT molecular complexity index is 1380. The van der Waals surface area contributed by atoms with E-state index in [-0.39, 0.29) is 22.3 Å². The maximum Gasteiger partial charge on any atom is 0.270 e. The number of carbonyl (C=O) groups excluding carboxylic acids is 2. The Labute approximate surface area is 240 Å². The first-order valence-electron chi connectivity index (χ1n) is 12.8. The third kappa shape index (κ3) is 6.38. The predicted octanol–water partition coefficient (Wildman–Crippen LogP) is 3.58. The highest BCUT2D eigenvalue weighted by molar-refractivity contribution is 7.80. The second-order valence-electron chi connectivity index (χ2n) is 9.27. The van der Waals surface area contributed by atoms with E-state index in [0.717, 1.165) is 23.7 Å². The molecule has 3 heterocycles. The molecule has 0 radical (unpaired) electrons. The van der Waals surface area contributed by atoms with Crippen LogP contribution in [-0.4, -0.2) is 79.2 Å². The molecule has 208 valence electrons. The van der Waals surface area contributed by atoms with Crippen molar-refractivity contribution in [3.8, 4) is 0 Å². The number of hydrogen-bond acceptors (Lipinski definition) is 9. The van der Waals surface area contributed by atoms with Gasteiger partial charge >= 0.3 is 0 Å². The molecule has 2 saturated heterocycles. The molecule has 11 nitrogen and oxygen atoms in total. The van der Waals surface area contributed by atoms with Crippen molar-refractivity contribution in [3.63, 3.8) is 0 Å². The van der Waals surface area contributed by atoms with Crippen LogP contribution in [0.1, 0.15) is 20.0 Å². The van der Waals surface area contributed by atoms with E-state index >= 15 is 0 Å². The summed E-state index contributed by atoms with van der Waals surface area (Å²) in [6.45, 7) is 4.93. The minimum Gasteiger partial charge on any atom is -0.378 e. The van der Waals surface area contributed by atoms with Crippen LogP contribution in [0.15, 0.2) is 60.0 Å². The van der Waals surface area contributed by atoms with Gasteiger partial charge < -0.3 is 24.8 Å². The monoisotopic (exact) mass is 580 g/mol. The predicted molar refractivity (Wildman–Crippen MR) is 159 cm³/mol. The first-order chi connectivity index (χ1) is 19.4. The van der Waals surface area contributed by atoms with Crippen molar-refractivity contribution < 1.29 is 19.2 Å². The number of carbonyl (C=O) groups is 2. The summed E-state index contributed by atoms with van der Waals surface area (Å²) in [6.07, 6.45) is 0. The molecular formula is C27H28N6O5S2. The molecule has 5 rings (SSSR count). The summed E-state index contributed by atoms with van der Waals surface area (Å²) in [5, 5.41) is 19.0. The lowest BCUT2D eigenvalue weighted by molar-refractivity contribution is -0.384. The maximum absolute atomic E-state index is 13.1. The van der Waals surface area contributed by atoms with Crippen molar-refractivity contribution >= 4 is 63.2 Å². The zero-order chi connectivity index (χ0) is 28.1. The van der Waals surface area contributed by atoms with Crippen molar-refractivity contribution in [2.45, 2.75) is 0 Å². The number of benzene rings is 2. The average Bonchev–Trinajstić information content (AvgIpc) is 3.52. The van der Waals surface area contributed by atoms with Crippen LogP contribution in [0.5, 0.6) is 0 Å². The van der Waals surface area contributed by atoms with Gasteiger partial charge in [0, 0.05) is 62.8 Å². The molecule has 2 N–H and O–H groups in total. The lowest BCUT2D eigenvalue weighted by atomic mass is 10.1. The number of thiophene rings is 1. The van der Waals surface area contributed by atoms with Crippen LogP contribution >= 0.6 is 23.6 Å². The van der Waals surface area contributed by atoms with E-state index in [9.17, 15) is 19.7 Å². The molecule has 13 heteroatoms. The van der Waals surface area contributed by atoms with E-state index < -0.39 is 10.8 Å². The number of ether oxygens (including phenoxy) is 1. The van der Waals surface area contributed by atoms with Gasteiger partial charge in [0.1, 0.15) is 0 Å². The molecule has 0 spiro atoms. The van der Waals surface area contributed by atoms with E-state index in [1.807, 2.05) is 51.6 Å². The quantitative estimate of drug-likeness (QED) is 0.256. The molecule has 0 saturated carbocycles. The Kier molecular flexibility index (Phi) is 8.53. The molecule has 0 bridgehead atoms. The van der Waals surface area contributed by atoms with Crippen LogP contribution < -0.4 is 20.4 Å². The van der Waals surface area contributed by atoms with Gasteiger partial charge in [0.15, 0.2) is 5.11 Å². The second-order valence-corrected chi connectivity index (χ2v) is 10.6. The molecule has 40 heavy (non-hydrogen) atoms. The largest absolute Gasteiger partial charge is 0.378 e. The van der Waals surface area contributed by atoms with Gasteiger partial charge in [-0.15, -0.1) is 11.3 Å². The van der Waals surface area contributed by atoms with Crippen molar-refractivity contribution in [3.05, 3.63) is 80.5 Å². The highest BCUT2D eigenvalue weighted by Crippen LogP contribution is 2.27. The molecule has 3 aromatic rings. The van der Waals surface area contributed by atoms with Gasteiger partial charge in [-0.25, -0.2) is 0 Å². The fourth-order valence-electron chi connectivity index (χ4n) is 4.71. The lowest BCUT2D eigenvalue weighted by Crippen LogP contribution is -2.48. The minimum atomic E-state index is -0.533. The molecule has 0 aliphatic carbocycles. The summed E-state index contributed by atoms with van der Waals surface area (Å²) < 4.78 is 5.39. The lowest BCUT2D eigenvalue weighted by Gasteiger charge is -2.36. The first-order valence-corrected chi connectivity index (χ1v) is 14.1. The van der Waals surface area contributed by atoms with Gasteiger partial charge in [-0.3, -0.25) is 25.0 Å². The Morgan fingerprint density at radius 1 is 0.950 bits per heavy atom. The first kappa shape index (κ1) is 27.5. The molecule has 2 fully saturated rings. The van der Waals surface area contributed by atoms with Crippen molar-refractivity contribution in [2.75, 3.05) is 67.6 Å². The fourth-order valence-corrected chi connectivity index (χ4v) is 5.61. The average molecular weight is 581 g/mol. The zero-order valence-corrected chi connectivity index (χ0v) is 23.2. The third-order valence-corrected chi connectivity index (χ3v) is 7.87. The Hall–Kier alpha value is -4.07. The maximum atomic E-state index is 13.1. The van der Waals surface area contributed by atoms with Crippen molar-refractivity contribution in [1.29, 1.82) is 0 Å². The summed E-state index contributed by atoms with van der Waals surface area (Å²) in [5.74, 6) is -0.457. The molecule has 2 aromatic carbocycles. The summed E-state index contributed by atoms with van der Waals surface area (Å²) in [7, 11) is 0. The number of anilines is 3. The normalized spacial score (nSPS) is 15.4. The molecular weight excluding hydrogens is 552 g/mol. The van der Waals surface area contributed by atoms with Crippen LogP contribution in [0.25, 0.3) is 0 Å². The number of nitro benzene ring substituents is 1. The van der Waals surface area contributed by atoms with Crippen molar-refractivity contribution in [1.82, 2.24) is 10.2 Å². The van der Waals surface area contributed by atoms with Crippen LogP contribution in [0, 0.1) is 10.1 Å². The molecule has 0 unspecified atom stereocenters. The molecule has 2 aliphatic rings. The van der Waals surface area contributed by atoms with Crippen LogP contribution in [0.4, 0.5) is 22.7 Å². The number of thiocarbonyl (C=S) groups is 1. The van der Waals surface area contributed by atoms with Gasteiger partial charge in [0.25, 0.3) is 17.5 Å². The Balaban J connectivity index is 1.18. The van der Waals surface area contributed by atoms with Gasteiger partial charge in [-0.2, -0.15) is 0 Å². The van der Waals surface area contributed by atoms with E-state index in [4.69, 9.17) is 17.0 Å². The second kappa shape index (κ2) is 12.4.